The van der Waals surface area contributed by atoms with Crippen molar-refractivity contribution in [1.29, 1.82) is 5.26 Å². The van der Waals surface area contributed by atoms with Gasteiger partial charge in [0.2, 0.25) is 0 Å². The minimum absolute atomic E-state index is 0.0281. The average Bonchev–Trinajstić information content (AvgIpc) is 2.78. The van der Waals surface area contributed by atoms with Gasteiger partial charge in [-0.25, -0.2) is 4.98 Å². The van der Waals surface area contributed by atoms with Crippen LogP contribution in [0, 0.1) is 11.3 Å². The molecule has 0 saturated heterocycles. The molecule has 0 aromatic carbocycles. The second-order valence-electron chi connectivity index (χ2n) is 2.93. The van der Waals surface area contributed by atoms with Gasteiger partial charge in [0.25, 0.3) is 5.91 Å². The molecular formula is C10H12N4O2. The number of aromatic amines is 1. The van der Waals surface area contributed by atoms with Crippen LogP contribution < -0.4 is 5.32 Å². The average molecular weight is 220 g/mol. The second-order valence-corrected chi connectivity index (χ2v) is 2.93. The number of nitrogens with zero attached hydrogens (tertiary/aromatic N) is 2. The molecule has 0 saturated carbocycles. The topological polar surface area (TPSA) is 90.8 Å². The lowest BCUT2D eigenvalue weighted by atomic mass is 10.2. The van der Waals surface area contributed by atoms with E-state index in [0.717, 1.165) is 0 Å². The number of rotatable bonds is 5. The number of H-pyrrole nitrogens is 1. The van der Waals surface area contributed by atoms with Crippen molar-refractivity contribution in [3.05, 3.63) is 23.8 Å². The number of amides is 1. The summed E-state index contributed by atoms with van der Waals surface area (Å²) >= 11 is 0. The van der Waals surface area contributed by atoms with Gasteiger partial charge >= 0.3 is 0 Å². The molecule has 16 heavy (non-hydrogen) atoms. The van der Waals surface area contributed by atoms with E-state index >= 15 is 0 Å². The summed E-state index contributed by atoms with van der Waals surface area (Å²) in [6.45, 7) is 0.784. The number of methoxy groups -OCH3 is 1. The molecule has 1 aromatic rings. The zero-order chi connectivity index (χ0) is 11.8. The Hall–Kier alpha value is -2.13. The Kier molecular flexibility index (Phi) is 4.76. The Morgan fingerprint density at radius 2 is 2.62 bits per heavy atom. The molecule has 6 heteroatoms. The van der Waals surface area contributed by atoms with E-state index in [1.165, 1.54) is 25.7 Å². The van der Waals surface area contributed by atoms with E-state index in [4.69, 9.17) is 10.00 Å². The molecule has 0 unspecified atom stereocenters. The summed E-state index contributed by atoms with van der Waals surface area (Å²) in [5.41, 5.74) is 0.638. The third-order valence-corrected chi connectivity index (χ3v) is 1.78. The Bertz CT molecular complexity index is 403. The minimum atomic E-state index is -0.422. The van der Waals surface area contributed by atoms with Gasteiger partial charge in [-0.05, 0) is 6.08 Å². The number of imidazole rings is 1. The summed E-state index contributed by atoms with van der Waals surface area (Å²) in [6, 6.07) is 1.83. The highest BCUT2D eigenvalue weighted by atomic mass is 16.5. The number of nitrogens with one attached hydrogen (secondary N) is 2. The molecule has 0 radical (unpaired) electrons. The lowest BCUT2D eigenvalue weighted by Gasteiger charge is -2.02. The molecule has 0 spiro atoms. The molecule has 0 aliphatic rings. The predicted octanol–water partition coefficient (Wildman–Crippen LogP) is 0.0793. The molecule has 6 nitrogen and oxygen atoms in total. The van der Waals surface area contributed by atoms with Crippen molar-refractivity contribution in [2.75, 3.05) is 20.3 Å². The van der Waals surface area contributed by atoms with Crippen LogP contribution in [-0.4, -0.2) is 36.1 Å². The first-order valence-electron chi connectivity index (χ1n) is 4.65. The lowest BCUT2D eigenvalue weighted by Crippen LogP contribution is -2.27. The van der Waals surface area contributed by atoms with Crippen molar-refractivity contribution in [3.8, 4) is 6.07 Å². The van der Waals surface area contributed by atoms with Gasteiger partial charge in [0, 0.05) is 13.7 Å². The zero-order valence-electron chi connectivity index (χ0n) is 8.86. The van der Waals surface area contributed by atoms with E-state index in [1.54, 1.807) is 0 Å². The van der Waals surface area contributed by atoms with Crippen LogP contribution in [0.3, 0.4) is 0 Å². The minimum Gasteiger partial charge on any atom is -0.383 e. The summed E-state index contributed by atoms with van der Waals surface area (Å²) < 4.78 is 4.78. The fraction of sp³-hybridized carbons (Fsp3) is 0.300. The second kappa shape index (κ2) is 6.37. The first-order valence-corrected chi connectivity index (χ1v) is 4.65. The first kappa shape index (κ1) is 11.9. The molecule has 1 amide bonds. The van der Waals surface area contributed by atoms with Crippen LogP contribution in [0.2, 0.25) is 0 Å². The number of aromatic nitrogens is 2. The van der Waals surface area contributed by atoms with E-state index in [2.05, 4.69) is 15.3 Å². The maximum atomic E-state index is 11.5. The van der Waals surface area contributed by atoms with Crippen molar-refractivity contribution in [3.63, 3.8) is 0 Å². The smallest absolute Gasteiger partial charge is 0.262 e. The molecule has 0 aliphatic heterocycles. The fourth-order valence-corrected chi connectivity index (χ4v) is 1.01. The van der Waals surface area contributed by atoms with E-state index in [0.29, 0.717) is 18.8 Å². The van der Waals surface area contributed by atoms with Crippen LogP contribution in [0.4, 0.5) is 0 Å². The molecule has 0 atom stereocenters. The third kappa shape index (κ3) is 3.55. The number of carbonyl (C=O) groups excluding carboxylic acids is 1. The summed E-state index contributed by atoms with van der Waals surface area (Å²) in [6.07, 6.45) is 4.44. The monoisotopic (exact) mass is 220 g/mol. The summed E-state index contributed by atoms with van der Waals surface area (Å²) in [4.78, 5) is 18.0. The maximum absolute atomic E-state index is 11.5. The highest BCUT2D eigenvalue weighted by Crippen LogP contribution is 2.01. The number of nitriles is 1. The van der Waals surface area contributed by atoms with Gasteiger partial charge in [-0.3, -0.25) is 4.79 Å². The largest absolute Gasteiger partial charge is 0.383 e. The van der Waals surface area contributed by atoms with Crippen LogP contribution in [0.15, 0.2) is 18.1 Å². The van der Waals surface area contributed by atoms with Crippen LogP contribution in [-0.2, 0) is 9.53 Å². The lowest BCUT2D eigenvalue weighted by molar-refractivity contribution is -0.117. The SMILES string of the molecule is COCCNC(=O)/C(C#N)=C/c1cnc[nH]1. The van der Waals surface area contributed by atoms with Gasteiger partial charge < -0.3 is 15.0 Å². The highest BCUT2D eigenvalue weighted by molar-refractivity contribution is 6.01. The van der Waals surface area contributed by atoms with Crippen LogP contribution in [0.1, 0.15) is 5.69 Å². The van der Waals surface area contributed by atoms with Gasteiger partial charge in [-0.1, -0.05) is 0 Å². The molecule has 0 bridgehead atoms. The molecule has 84 valence electrons. The number of hydrogen-bond donors (Lipinski definition) is 2. The van der Waals surface area contributed by atoms with E-state index in [1.807, 2.05) is 6.07 Å². The summed E-state index contributed by atoms with van der Waals surface area (Å²) in [5, 5.41) is 11.4. The first-order chi connectivity index (χ1) is 7.77. The number of hydrogen-bond acceptors (Lipinski definition) is 4. The fourth-order valence-electron chi connectivity index (χ4n) is 1.01. The standard InChI is InChI=1S/C10H12N4O2/c1-16-3-2-13-10(15)8(5-11)4-9-6-12-7-14-9/h4,6-7H,2-3H2,1H3,(H,12,14)(H,13,15)/b8-4+. The van der Waals surface area contributed by atoms with E-state index in [9.17, 15) is 4.79 Å². The van der Waals surface area contributed by atoms with Gasteiger partial charge in [0.1, 0.15) is 11.6 Å². The van der Waals surface area contributed by atoms with Gasteiger partial charge in [-0.2, -0.15) is 5.26 Å². The number of ether oxygens (including phenoxy) is 1. The molecule has 0 fully saturated rings. The Balaban J connectivity index is 2.61. The van der Waals surface area contributed by atoms with Gasteiger partial charge in [-0.15, -0.1) is 0 Å². The van der Waals surface area contributed by atoms with Crippen molar-refractivity contribution < 1.29 is 9.53 Å². The van der Waals surface area contributed by atoms with Crippen LogP contribution in [0.25, 0.3) is 6.08 Å². The summed E-state index contributed by atoms with van der Waals surface area (Å²) in [7, 11) is 1.54. The predicted molar refractivity (Wildman–Crippen MR) is 57.1 cm³/mol. The Morgan fingerprint density at radius 3 is 3.19 bits per heavy atom. The van der Waals surface area contributed by atoms with Gasteiger partial charge in [0.15, 0.2) is 0 Å². The summed E-state index contributed by atoms with van der Waals surface area (Å²) in [5.74, 6) is -0.422. The highest BCUT2D eigenvalue weighted by Gasteiger charge is 2.08. The van der Waals surface area contributed by atoms with Crippen LogP contribution >= 0.6 is 0 Å². The molecule has 2 N–H and O–H groups in total. The maximum Gasteiger partial charge on any atom is 0.262 e. The van der Waals surface area contributed by atoms with Gasteiger partial charge in [0.05, 0.1) is 24.8 Å². The normalized spacial score (nSPS) is 10.9. The molecule has 1 aromatic heterocycles. The van der Waals surface area contributed by atoms with E-state index < -0.39 is 5.91 Å². The quantitative estimate of drug-likeness (QED) is 0.417. The Labute approximate surface area is 92.9 Å². The molecule has 1 heterocycles. The van der Waals surface area contributed by atoms with Crippen molar-refractivity contribution in [1.82, 2.24) is 15.3 Å². The molecule has 1 rings (SSSR count). The van der Waals surface area contributed by atoms with Crippen molar-refractivity contribution in [2.45, 2.75) is 0 Å². The molecule has 0 aliphatic carbocycles. The van der Waals surface area contributed by atoms with E-state index in [-0.39, 0.29) is 5.57 Å². The van der Waals surface area contributed by atoms with Crippen LogP contribution in [0.5, 0.6) is 0 Å². The van der Waals surface area contributed by atoms with Crippen molar-refractivity contribution >= 4 is 12.0 Å². The third-order valence-electron chi connectivity index (χ3n) is 1.78. The van der Waals surface area contributed by atoms with Crippen molar-refractivity contribution in [2.24, 2.45) is 0 Å². The molecular weight excluding hydrogens is 208 g/mol. The Morgan fingerprint density at radius 1 is 1.81 bits per heavy atom. The zero-order valence-corrected chi connectivity index (χ0v) is 8.86. The number of carbonyl (C=O) groups is 1.